The second-order valence-corrected chi connectivity index (χ2v) is 22.5. The molecule has 2 aromatic heterocycles. The van der Waals surface area contributed by atoms with Crippen LogP contribution in [-0.4, -0.2) is 107 Å². The van der Waals surface area contributed by atoms with E-state index in [2.05, 4.69) is 16.9 Å². The number of aliphatic hydroxyl groups excluding tert-OH is 1. The molecule has 4 atom stereocenters. The van der Waals surface area contributed by atoms with E-state index in [0.29, 0.717) is 13.0 Å². The zero-order valence-electron chi connectivity index (χ0n) is 43.6. The van der Waals surface area contributed by atoms with Crippen LogP contribution in [0.4, 0.5) is 0 Å². The van der Waals surface area contributed by atoms with Crippen molar-refractivity contribution in [3.8, 4) is 5.88 Å². The Hall–Kier alpha value is -4.06. The lowest BCUT2D eigenvalue weighted by molar-refractivity contribution is 0.00565. The standard InChI is InChI=1S/C35H59N2O8P.C18H25N2O6P/c1-2-3-4-5-6-7-8-9-10-11-12-13-14-15-16-20-25-42-26-27-44-46(41,45-30-32-21-18-17-19-22-32)31-43-33(29-38)28-37-24-23-34(39)36-35(37)40;1-24-13-16(12-20-10-8-17(25-2)19-18(20)21)26-14-27(22,23)11-9-15-6-4-3-5-7-15/h17-19,21-24,33,38H,2-16,20,25-31H2,1H3,(H,36,39,40);3-8,10,16H,9,11-14H2,1-2H3,(H,22,23)/t33-,46?;16-/m00/s1. The third kappa shape index (κ3) is 29.6. The number of aryl methyl sites for hydroxylation is 1. The van der Waals surface area contributed by atoms with Gasteiger partial charge in [-0.15, -0.1) is 0 Å². The summed E-state index contributed by atoms with van der Waals surface area (Å²) in [6.45, 7) is 3.13. The fourth-order valence-electron chi connectivity index (χ4n) is 7.58. The number of unbranched alkanes of at least 4 members (excludes halogenated alkanes) is 15. The van der Waals surface area contributed by atoms with Crippen molar-refractivity contribution in [3.05, 3.63) is 128 Å². The highest BCUT2D eigenvalue weighted by atomic mass is 31.2. The maximum Gasteiger partial charge on any atom is 0.356 e. The van der Waals surface area contributed by atoms with Crippen molar-refractivity contribution in [3.63, 3.8) is 0 Å². The Morgan fingerprint density at radius 1 is 0.644 bits per heavy atom. The first-order valence-electron chi connectivity index (χ1n) is 26.0. The summed E-state index contributed by atoms with van der Waals surface area (Å²) < 4.78 is 66.8. The predicted octanol–water partition coefficient (Wildman–Crippen LogP) is 9.33. The molecule has 2 unspecified atom stereocenters. The van der Waals surface area contributed by atoms with E-state index in [4.69, 9.17) is 32.7 Å². The Morgan fingerprint density at radius 2 is 1.21 bits per heavy atom. The number of ether oxygens (including phenoxy) is 5. The average Bonchev–Trinajstić information content (AvgIpc) is 3.39. The van der Waals surface area contributed by atoms with Crippen LogP contribution in [0.1, 0.15) is 121 Å². The third-order valence-electron chi connectivity index (χ3n) is 11.8. The summed E-state index contributed by atoms with van der Waals surface area (Å²) in [4.78, 5) is 51.4. The summed E-state index contributed by atoms with van der Waals surface area (Å²) in [5.41, 5.74) is 0.179. The number of methoxy groups -OCH3 is 2. The van der Waals surface area contributed by atoms with Crippen molar-refractivity contribution in [2.24, 2.45) is 0 Å². The maximum atomic E-state index is 13.5. The van der Waals surface area contributed by atoms with Crippen LogP contribution in [0.2, 0.25) is 0 Å². The van der Waals surface area contributed by atoms with Gasteiger partial charge < -0.3 is 42.7 Å². The molecule has 0 spiro atoms. The van der Waals surface area contributed by atoms with Gasteiger partial charge in [0.05, 0.1) is 65.4 Å². The molecule has 0 saturated carbocycles. The van der Waals surface area contributed by atoms with Crippen molar-refractivity contribution < 1.29 is 51.9 Å². The van der Waals surface area contributed by atoms with Crippen molar-refractivity contribution >= 4 is 15.0 Å². The van der Waals surface area contributed by atoms with E-state index in [0.717, 1.165) is 24.0 Å². The molecular weight excluding hydrogens is 979 g/mol. The Bertz CT molecular complexity index is 2300. The van der Waals surface area contributed by atoms with Crippen molar-refractivity contribution in [1.82, 2.24) is 19.1 Å². The van der Waals surface area contributed by atoms with Gasteiger partial charge in [-0.3, -0.25) is 28.0 Å². The summed E-state index contributed by atoms with van der Waals surface area (Å²) in [6.07, 6.45) is 22.4. The van der Waals surface area contributed by atoms with Crippen LogP contribution in [0.5, 0.6) is 5.88 Å². The van der Waals surface area contributed by atoms with Gasteiger partial charge in [-0.25, -0.2) is 9.59 Å². The number of benzene rings is 2. The fraction of sp³-hybridized carbons (Fsp3) is 0.623. The highest BCUT2D eigenvalue weighted by molar-refractivity contribution is 7.57. The number of hydrogen-bond donors (Lipinski definition) is 3. The number of aromatic nitrogens is 4. The van der Waals surface area contributed by atoms with Crippen LogP contribution >= 0.6 is 15.0 Å². The van der Waals surface area contributed by atoms with E-state index < -0.39 is 57.1 Å². The van der Waals surface area contributed by atoms with Gasteiger partial charge in [0.15, 0.2) is 0 Å². The zero-order chi connectivity index (χ0) is 52.8. The molecule has 2 heterocycles. The molecule has 4 aromatic rings. The summed E-state index contributed by atoms with van der Waals surface area (Å²) in [5, 5.41) is 9.78. The molecule has 0 fully saturated rings. The highest BCUT2D eigenvalue weighted by Crippen LogP contribution is 2.49. The third-order valence-corrected chi connectivity index (χ3v) is 14.9. The molecule has 3 N–H and O–H groups in total. The largest absolute Gasteiger partial charge is 0.481 e. The molecule has 0 saturated heterocycles. The average molecular weight is 1060 g/mol. The van der Waals surface area contributed by atoms with Gasteiger partial charge in [-0.05, 0) is 24.0 Å². The Kier molecular flexibility index (Phi) is 33.3. The lowest BCUT2D eigenvalue weighted by Crippen LogP contribution is -2.34. The molecule has 0 bridgehead atoms. The number of hydrogen-bond acceptors (Lipinski definition) is 14. The summed E-state index contributed by atoms with van der Waals surface area (Å²) in [5.74, 6) is 0.223. The molecule has 0 aliphatic carbocycles. The van der Waals surface area contributed by atoms with Crippen LogP contribution in [0, 0.1) is 0 Å². The fourth-order valence-corrected chi connectivity index (χ4v) is 10.1. The minimum Gasteiger partial charge on any atom is -0.481 e. The van der Waals surface area contributed by atoms with E-state index in [-0.39, 0.29) is 57.9 Å². The SMILES string of the molecule is CCCCCCCCCCCCCCCCCCOCCOP(=O)(CO[C@H](CO)Cn1ccc(=O)[nH]c1=O)OCc1ccccc1.COC[C@H](Cn1ccc(OC)nc1=O)OCP(=O)(O)CCc1ccccc1. The Balaban J connectivity index is 0.000000441. The topological polar surface area (TPSA) is 229 Å². The molecule has 4 rings (SSSR count). The van der Waals surface area contributed by atoms with Crippen LogP contribution in [0.25, 0.3) is 0 Å². The summed E-state index contributed by atoms with van der Waals surface area (Å²) in [7, 11) is -4.27. The van der Waals surface area contributed by atoms with Gasteiger partial charge in [-0.2, -0.15) is 4.98 Å². The predicted molar refractivity (Wildman–Crippen MR) is 285 cm³/mol. The zero-order valence-corrected chi connectivity index (χ0v) is 45.4. The molecule has 410 valence electrons. The van der Waals surface area contributed by atoms with Gasteiger partial charge in [0.1, 0.15) is 12.7 Å². The van der Waals surface area contributed by atoms with Gasteiger partial charge in [0.25, 0.3) is 5.56 Å². The number of nitrogens with one attached hydrogen (secondary N) is 1. The van der Waals surface area contributed by atoms with Crippen LogP contribution < -0.4 is 21.7 Å². The molecule has 0 amide bonds. The second kappa shape index (κ2) is 38.5. The van der Waals surface area contributed by atoms with Gasteiger partial charge in [0.2, 0.25) is 13.2 Å². The number of H-pyrrole nitrogens is 1. The minimum absolute atomic E-state index is 0.0484. The van der Waals surface area contributed by atoms with Crippen LogP contribution in [-0.2, 0) is 63.2 Å². The highest BCUT2D eigenvalue weighted by Gasteiger charge is 2.28. The smallest absolute Gasteiger partial charge is 0.356 e. The van der Waals surface area contributed by atoms with Crippen LogP contribution in [0.15, 0.2) is 99.6 Å². The first-order chi connectivity index (χ1) is 35.4. The molecule has 18 nitrogen and oxygen atoms in total. The van der Waals surface area contributed by atoms with E-state index in [1.165, 1.54) is 132 Å². The molecule has 2 aromatic carbocycles. The molecule has 0 radical (unpaired) electrons. The monoisotopic (exact) mass is 1060 g/mol. The van der Waals surface area contributed by atoms with Gasteiger partial charge in [-0.1, -0.05) is 164 Å². The summed E-state index contributed by atoms with van der Waals surface area (Å²) >= 11 is 0. The van der Waals surface area contributed by atoms with Gasteiger partial charge in [0, 0.05) is 44.4 Å². The molecule has 0 aliphatic rings. The van der Waals surface area contributed by atoms with E-state index in [1.54, 1.807) is 6.07 Å². The molecular formula is C53H84N4O14P2. The minimum atomic E-state index is -3.73. The first-order valence-corrected chi connectivity index (χ1v) is 29.7. The van der Waals surface area contributed by atoms with E-state index in [1.807, 2.05) is 60.7 Å². The van der Waals surface area contributed by atoms with Crippen molar-refractivity contribution in [1.29, 1.82) is 0 Å². The maximum absolute atomic E-state index is 13.5. The van der Waals surface area contributed by atoms with Crippen molar-refractivity contribution in [2.45, 2.75) is 148 Å². The lowest BCUT2D eigenvalue weighted by atomic mass is 10.0. The number of nitrogens with zero attached hydrogens (tertiary/aromatic N) is 3. The lowest BCUT2D eigenvalue weighted by Gasteiger charge is -2.22. The van der Waals surface area contributed by atoms with Gasteiger partial charge >= 0.3 is 19.0 Å². The van der Waals surface area contributed by atoms with Crippen LogP contribution in [0.3, 0.4) is 0 Å². The van der Waals surface area contributed by atoms with E-state index >= 15 is 0 Å². The van der Waals surface area contributed by atoms with Crippen molar-refractivity contribution in [2.75, 3.05) is 66.1 Å². The molecule has 73 heavy (non-hydrogen) atoms. The summed E-state index contributed by atoms with van der Waals surface area (Å²) in [6, 6.07) is 21.6. The number of aliphatic hydroxyl groups is 1. The molecule has 20 heteroatoms. The number of rotatable bonds is 41. The molecule has 0 aliphatic heterocycles. The second-order valence-electron chi connectivity index (χ2n) is 18.1. The number of aromatic amines is 1. The van der Waals surface area contributed by atoms with E-state index in [9.17, 15) is 33.5 Å². The first kappa shape index (κ1) is 63.2. The Morgan fingerprint density at radius 3 is 1.77 bits per heavy atom. The quantitative estimate of drug-likeness (QED) is 0.0278. The normalized spacial score (nSPS) is 13.9. The Labute approximate surface area is 432 Å².